The molecule has 4 heterocycles. The van der Waals surface area contributed by atoms with Crippen molar-refractivity contribution in [1.29, 1.82) is 0 Å². The van der Waals surface area contributed by atoms with Crippen molar-refractivity contribution >= 4 is 5.91 Å². The van der Waals surface area contributed by atoms with Crippen molar-refractivity contribution in [2.75, 3.05) is 13.1 Å². The lowest BCUT2D eigenvalue weighted by atomic mass is 9.93. The lowest BCUT2D eigenvalue weighted by Gasteiger charge is -2.31. The average Bonchev–Trinajstić information content (AvgIpc) is 3.14. The number of likely N-dealkylation sites (tertiary alicyclic amines) is 1. The monoisotopic (exact) mass is 376 g/mol. The smallest absolute Gasteiger partial charge is 0.255 e. The van der Waals surface area contributed by atoms with E-state index in [0.29, 0.717) is 11.5 Å². The largest absolute Gasteiger partial charge is 0.339 e. The van der Waals surface area contributed by atoms with Crippen LogP contribution < -0.4 is 0 Å². The van der Waals surface area contributed by atoms with Crippen LogP contribution in [-0.4, -0.2) is 48.4 Å². The predicted molar refractivity (Wildman–Crippen MR) is 106 cm³/mol. The summed E-state index contributed by atoms with van der Waals surface area (Å²) >= 11 is 0. The Morgan fingerprint density at radius 2 is 2.04 bits per heavy atom. The van der Waals surface area contributed by atoms with Crippen LogP contribution >= 0.6 is 0 Å². The Labute approximate surface area is 164 Å². The van der Waals surface area contributed by atoms with Gasteiger partial charge in [0, 0.05) is 57.0 Å². The minimum Gasteiger partial charge on any atom is -0.339 e. The summed E-state index contributed by atoms with van der Waals surface area (Å²) in [5, 5.41) is 0. The third-order valence-corrected chi connectivity index (χ3v) is 5.23. The molecular weight excluding hydrogens is 352 g/mol. The van der Waals surface area contributed by atoms with Gasteiger partial charge in [0.05, 0.1) is 5.56 Å². The third-order valence-electron chi connectivity index (χ3n) is 5.23. The van der Waals surface area contributed by atoms with Gasteiger partial charge in [-0.15, -0.1) is 0 Å². The van der Waals surface area contributed by atoms with E-state index in [1.54, 1.807) is 24.7 Å². The summed E-state index contributed by atoms with van der Waals surface area (Å²) in [7, 11) is 1.97. The van der Waals surface area contributed by atoms with E-state index in [9.17, 15) is 4.79 Å². The maximum Gasteiger partial charge on any atom is 0.255 e. The second-order valence-electron chi connectivity index (χ2n) is 7.35. The second-order valence-corrected chi connectivity index (χ2v) is 7.35. The number of aromatic nitrogens is 5. The molecule has 3 aromatic rings. The van der Waals surface area contributed by atoms with Gasteiger partial charge in [0.25, 0.3) is 5.91 Å². The zero-order valence-corrected chi connectivity index (χ0v) is 16.2. The van der Waals surface area contributed by atoms with Crippen molar-refractivity contribution in [3.8, 4) is 11.5 Å². The number of hydrogen-bond acceptors (Lipinski definition) is 5. The van der Waals surface area contributed by atoms with Crippen LogP contribution in [0.2, 0.25) is 0 Å². The number of rotatable bonds is 4. The zero-order chi connectivity index (χ0) is 19.5. The van der Waals surface area contributed by atoms with Crippen LogP contribution in [0.4, 0.5) is 0 Å². The van der Waals surface area contributed by atoms with Gasteiger partial charge in [-0.05, 0) is 43.9 Å². The van der Waals surface area contributed by atoms with Crippen molar-refractivity contribution in [2.45, 2.75) is 26.2 Å². The van der Waals surface area contributed by atoms with E-state index in [0.717, 1.165) is 55.4 Å². The number of aryl methyl sites for hydroxylation is 2. The topological polar surface area (TPSA) is 76.8 Å². The third kappa shape index (κ3) is 3.93. The summed E-state index contributed by atoms with van der Waals surface area (Å²) < 4.78 is 1.97. The number of nitrogens with zero attached hydrogens (tertiary/aromatic N) is 6. The molecule has 1 aliphatic heterocycles. The molecular formula is C21H24N6O. The fourth-order valence-corrected chi connectivity index (χ4v) is 3.72. The van der Waals surface area contributed by atoms with Crippen molar-refractivity contribution in [3.63, 3.8) is 0 Å². The minimum absolute atomic E-state index is 0.0652. The lowest BCUT2D eigenvalue weighted by molar-refractivity contribution is 0.0689. The molecule has 28 heavy (non-hydrogen) atoms. The molecule has 0 radical (unpaired) electrons. The number of amides is 1. The average molecular weight is 376 g/mol. The summed E-state index contributed by atoms with van der Waals surface area (Å²) in [4.78, 5) is 32.3. The van der Waals surface area contributed by atoms with E-state index in [4.69, 9.17) is 4.98 Å². The number of carbonyl (C=O) groups excluding carboxylic acids is 1. The van der Waals surface area contributed by atoms with Crippen LogP contribution in [0.3, 0.4) is 0 Å². The molecule has 3 aromatic heterocycles. The number of piperidine rings is 1. The van der Waals surface area contributed by atoms with Gasteiger partial charge in [-0.3, -0.25) is 9.78 Å². The first-order valence-corrected chi connectivity index (χ1v) is 9.61. The van der Waals surface area contributed by atoms with Gasteiger partial charge in [0.2, 0.25) is 0 Å². The predicted octanol–water partition coefficient (Wildman–Crippen LogP) is 2.68. The molecule has 0 spiro atoms. The molecule has 0 bridgehead atoms. The molecule has 0 saturated carbocycles. The first-order chi connectivity index (χ1) is 13.6. The van der Waals surface area contributed by atoms with Gasteiger partial charge in [0.1, 0.15) is 11.5 Å². The Balaban J connectivity index is 1.41. The number of hydrogen-bond donors (Lipinski definition) is 0. The molecule has 7 heteroatoms. The molecule has 0 atom stereocenters. The number of carbonyl (C=O) groups is 1. The van der Waals surface area contributed by atoms with E-state index < -0.39 is 0 Å². The van der Waals surface area contributed by atoms with Gasteiger partial charge < -0.3 is 9.47 Å². The zero-order valence-electron chi connectivity index (χ0n) is 16.2. The highest BCUT2D eigenvalue weighted by Crippen LogP contribution is 2.23. The molecule has 4 rings (SSSR count). The molecule has 0 unspecified atom stereocenters. The molecule has 144 valence electrons. The van der Waals surface area contributed by atoms with Crippen LogP contribution in [-0.2, 0) is 13.5 Å². The van der Waals surface area contributed by atoms with E-state index in [-0.39, 0.29) is 5.91 Å². The van der Waals surface area contributed by atoms with Crippen LogP contribution in [0.5, 0.6) is 0 Å². The lowest BCUT2D eigenvalue weighted by Crippen LogP contribution is -2.39. The molecule has 1 amide bonds. The Morgan fingerprint density at radius 1 is 1.21 bits per heavy atom. The highest BCUT2D eigenvalue weighted by Gasteiger charge is 2.24. The van der Waals surface area contributed by atoms with Gasteiger partial charge >= 0.3 is 0 Å². The van der Waals surface area contributed by atoms with Gasteiger partial charge in [-0.1, -0.05) is 0 Å². The molecule has 7 nitrogen and oxygen atoms in total. The summed E-state index contributed by atoms with van der Waals surface area (Å²) in [6.45, 7) is 3.51. The van der Waals surface area contributed by atoms with Crippen LogP contribution in [0.1, 0.15) is 34.7 Å². The van der Waals surface area contributed by atoms with Crippen LogP contribution in [0, 0.1) is 12.8 Å². The standard InChI is InChI=1S/C21H24N6O/c1-15-12-18(20-23-8-11-26(20)2)25-19(24-15)13-16-5-9-27(10-6-16)21(28)17-4-3-7-22-14-17/h3-4,7-8,11-12,14,16H,5-6,9-10,13H2,1-2H3. The highest BCUT2D eigenvalue weighted by molar-refractivity contribution is 5.93. The molecule has 0 N–H and O–H groups in total. The maximum absolute atomic E-state index is 12.6. The summed E-state index contributed by atoms with van der Waals surface area (Å²) in [5.74, 6) is 2.25. The first kappa shape index (κ1) is 18.3. The van der Waals surface area contributed by atoms with Crippen LogP contribution in [0.15, 0.2) is 43.0 Å². The molecule has 1 aliphatic rings. The Morgan fingerprint density at radius 3 is 2.71 bits per heavy atom. The number of imidazole rings is 1. The van der Waals surface area contributed by atoms with Crippen molar-refractivity contribution < 1.29 is 4.79 Å². The van der Waals surface area contributed by atoms with Crippen molar-refractivity contribution in [3.05, 3.63) is 60.1 Å². The summed E-state index contributed by atoms with van der Waals surface area (Å²) in [6.07, 6.45) is 9.76. The van der Waals surface area contributed by atoms with Gasteiger partial charge in [0.15, 0.2) is 5.82 Å². The maximum atomic E-state index is 12.6. The van der Waals surface area contributed by atoms with E-state index >= 15 is 0 Å². The Bertz CT molecular complexity index is 960. The summed E-state index contributed by atoms with van der Waals surface area (Å²) in [5.41, 5.74) is 2.47. The molecule has 1 saturated heterocycles. The first-order valence-electron chi connectivity index (χ1n) is 9.61. The SMILES string of the molecule is Cc1cc(-c2nccn2C)nc(CC2CCN(C(=O)c3cccnc3)CC2)n1. The Kier molecular flexibility index (Phi) is 5.14. The summed E-state index contributed by atoms with van der Waals surface area (Å²) in [6, 6.07) is 5.59. The normalized spacial score (nSPS) is 15.0. The number of pyridine rings is 1. The fraction of sp³-hybridized carbons (Fsp3) is 0.381. The minimum atomic E-state index is 0.0652. The highest BCUT2D eigenvalue weighted by atomic mass is 16.2. The molecule has 1 fully saturated rings. The van der Waals surface area contributed by atoms with Crippen LogP contribution in [0.25, 0.3) is 11.5 Å². The quantitative estimate of drug-likeness (QED) is 0.700. The van der Waals surface area contributed by atoms with E-state index in [1.165, 1.54) is 0 Å². The van der Waals surface area contributed by atoms with Gasteiger partial charge in [-0.2, -0.15) is 0 Å². The van der Waals surface area contributed by atoms with E-state index in [1.807, 2.05) is 41.8 Å². The van der Waals surface area contributed by atoms with Crippen molar-refractivity contribution in [2.24, 2.45) is 13.0 Å². The van der Waals surface area contributed by atoms with Gasteiger partial charge in [-0.25, -0.2) is 15.0 Å². The van der Waals surface area contributed by atoms with E-state index in [2.05, 4.69) is 15.0 Å². The molecule has 0 aromatic carbocycles. The molecule has 0 aliphatic carbocycles. The Hall–Kier alpha value is -3.09. The fourth-order valence-electron chi connectivity index (χ4n) is 3.72. The second kappa shape index (κ2) is 7.88. The van der Waals surface area contributed by atoms with Crippen molar-refractivity contribution in [1.82, 2.24) is 29.4 Å².